The maximum atomic E-state index is 9.17. The molecule has 6 heteroatoms. The van der Waals surface area contributed by atoms with Crippen molar-refractivity contribution < 1.29 is 5.11 Å². The van der Waals surface area contributed by atoms with E-state index in [1.807, 2.05) is 24.3 Å². The van der Waals surface area contributed by atoms with E-state index in [-0.39, 0.29) is 12.4 Å². The van der Waals surface area contributed by atoms with Gasteiger partial charge in [0.05, 0.1) is 12.3 Å². The minimum absolute atomic E-state index is 0.222. The SMILES string of the molecule is CCN(CC)c1ccc(N=C2C(N)=NN=C2CO)cc1. The molecule has 0 spiro atoms. The van der Waals surface area contributed by atoms with Crippen molar-refractivity contribution in [1.29, 1.82) is 0 Å². The summed E-state index contributed by atoms with van der Waals surface area (Å²) in [7, 11) is 0. The lowest BCUT2D eigenvalue weighted by atomic mass is 10.2. The predicted molar refractivity (Wildman–Crippen MR) is 83.2 cm³/mol. The zero-order valence-electron chi connectivity index (χ0n) is 11.7. The summed E-state index contributed by atoms with van der Waals surface area (Å²) in [6, 6.07) is 7.87. The van der Waals surface area contributed by atoms with Gasteiger partial charge in [0.15, 0.2) is 5.84 Å². The van der Waals surface area contributed by atoms with Gasteiger partial charge in [0.25, 0.3) is 0 Å². The molecule has 6 nitrogen and oxygen atoms in total. The highest BCUT2D eigenvalue weighted by atomic mass is 16.3. The van der Waals surface area contributed by atoms with Gasteiger partial charge < -0.3 is 15.7 Å². The van der Waals surface area contributed by atoms with E-state index in [2.05, 4.69) is 33.9 Å². The Morgan fingerprint density at radius 2 is 1.80 bits per heavy atom. The molecule has 106 valence electrons. The van der Waals surface area contributed by atoms with Crippen molar-refractivity contribution in [3.05, 3.63) is 24.3 Å². The lowest BCUT2D eigenvalue weighted by Gasteiger charge is -2.20. The van der Waals surface area contributed by atoms with Crippen LogP contribution in [0.25, 0.3) is 0 Å². The Labute approximate surface area is 118 Å². The average Bonchev–Trinajstić information content (AvgIpc) is 2.83. The number of nitrogens with zero attached hydrogens (tertiary/aromatic N) is 4. The van der Waals surface area contributed by atoms with Gasteiger partial charge in [0.1, 0.15) is 11.4 Å². The maximum Gasteiger partial charge on any atom is 0.174 e. The van der Waals surface area contributed by atoms with E-state index in [1.165, 1.54) is 0 Å². The molecule has 1 aromatic carbocycles. The molecular weight excluding hydrogens is 254 g/mol. The third kappa shape index (κ3) is 2.85. The first-order chi connectivity index (χ1) is 9.69. The average molecular weight is 273 g/mol. The first-order valence-corrected chi connectivity index (χ1v) is 6.64. The van der Waals surface area contributed by atoms with E-state index in [0.29, 0.717) is 11.4 Å². The normalized spacial score (nSPS) is 16.2. The molecule has 1 aromatic rings. The fraction of sp³-hybridized carbons (Fsp3) is 0.357. The van der Waals surface area contributed by atoms with Gasteiger partial charge in [-0.3, -0.25) is 0 Å². The van der Waals surface area contributed by atoms with Crippen molar-refractivity contribution in [2.45, 2.75) is 13.8 Å². The molecule has 0 aliphatic carbocycles. The van der Waals surface area contributed by atoms with Gasteiger partial charge >= 0.3 is 0 Å². The molecule has 0 radical (unpaired) electrons. The largest absolute Gasteiger partial charge is 0.390 e. The Balaban J connectivity index is 2.23. The third-order valence-corrected chi connectivity index (χ3v) is 3.16. The Kier molecular flexibility index (Phi) is 4.47. The van der Waals surface area contributed by atoms with Crippen LogP contribution in [0.5, 0.6) is 0 Å². The summed E-state index contributed by atoms with van der Waals surface area (Å²) in [6.07, 6.45) is 0. The second kappa shape index (κ2) is 6.29. The van der Waals surface area contributed by atoms with Crippen LogP contribution in [0.1, 0.15) is 13.8 Å². The van der Waals surface area contributed by atoms with Crippen molar-refractivity contribution in [1.82, 2.24) is 0 Å². The third-order valence-electron chi connectivity index (χ3n) is 3.16. The number of aliphatic hydroxyl groups excluding tert-OH is 1. The zero-order chi connectivity index (χ0) is 14.5. The van der Waals surface area contributed by atoms with Crippen molar-refractivity contribution in [2.75, 3.05) is 24.6 Å². The number of hydrogen-bond acceptors (Lipinski definition) is 6. The van der Waals surface area contributed by atoms with Crippen molar-refractivity contribution in [2.24, 2.45) is 20.9 Å². The molecule has 0 aromatic heterocycles. The molecule has 0 fully saturated rings. The summed E-state index contributed by atoms with van der Waals surface area (Å²) in [4.78, 5) is 6.65. The van der Waals surface area contributed by atoms with Crippen LogP contribution < -0.4 is 10.6 Å². The van der Waals surface area contributed by atoms with E-state index >= 15 is 0 Å². The number of benzene rings is 1. The molecule has 20 heavy (non-hydrogen) atoms. The quantitative estimate of drug-likeness (QED) is 0.848. The van der Waals surface area contributed by atoms with Crippen molar-refractivity contribution in [3.8, 4) is 0 Å². The minimum Gasteiger partial charge on any atom is -0.390 e. The van der Waals surface area contributed by atoms with E-state index < -0.39 is 0 Å². The van der Waals surface area contributed by atoms with Crippen molar-refractivity contribution >= 4 is 28.6 Å². The monoisotopic (exact) mass is 273 g/mol. The number of hydrogen-bond donors (Lipinski definition) is 2. The van der Waals surface area contributed by atoms with Gasteiger partial charge in [-0.15, -0.1) is 10.2 Å². The lowest BCUT2D eigenvalue weighted by Crippen LogP contribution is -2.28. The number of rotatable bonds is 5. The molecule has 0 amide bonds. The lowest BCUT2D eigenvalue weighted by molar-refractivity contribution is 0.359. The molecule has 0 atom stereocenters. The Bertz CT molecular complexity index is 555. The van der Waals surface area contributed by atoms with Gasteiger partial charge in [-0.25, -0.2) is 4.99 Å². The topological polar surface area (TPSA) is 86.6 Å². The molecule has 3 N–H and O–H groups in total. The van der Waals surface area contributed by atoms with Crippen LogP contribution in [0.2, 0.25) is 0 Å². The van der Waals surface area contributed by atoms with Crippen LogP contribution in [0.4, 0.5) is 11.4 Å². The number of nitrogens with two attached hydrogens (primary N) is 1. The molecule has 1 aliphatic rings. The molecule has 0 bridgehead atoms. The summed E-state index contributed by atoms with van der Waals surface area (Å²) >= 11 is 0. The first-order valence-electron chi connectivity index (χ1n) is 6.64. The summed E-state index contributed by atoms with van der Waals surface area (Å²) in [6.45, 7) is 5.95. The molecule has 0 unspecified atom stereocenters. The van der Waals surface area contributed by atoms with Gasteiger partial charge in [0.2, 0.25) is 0 Å². The summed E-state index contributed by atoms with van der Waals surface area (Å²) in [5, 5.41) is 16.7. The van der Waals surface area contributed by atoms with Crippen LogP contribution in [0, 0.1) is 0 Å². The summed E-state index contributed by atoms with van der Waals surface area (Å²) in [5.41, 5.74) is 8.46. The Hall–Kier alpha value is -2.21. The highest BCUT2D eigenvalue weighted by Gasteiger charge is 2.18. The fourth-order valence-electron chi connectivity index (χ4n) is 2.04. The van der Waals surface area contributed by atoms with Crippen LogP contribution in [-0.4, -0.2) is 42.1 Å². The highest BCUT2D eigenvalue weighted by Crippen LogP contribution is 2.20. The van der Waals surface area contributed by atoms with Gasteiger partial charge in [-0.2, -0.15) is 0 Å². The van der Waals surface area contributed by atoms with E-state index in [1.54, 1.807) is 0 Å². The molecule has 2 rings (SSSR count). The molecule has 1 aliphatic heterocycles. The van der Waals surface area contributed by atoms with E-state index in [0.717, 1.165) is 24.5 Å². The predicted octanol–water partition coefficient (Wildman–Crippen LogP) is 1.32. The smallest absolute Gasteiger partial charge is 0.174 e. The van der Waals surface area contributed by atoms with E-state index in [9.17, 15) is 0 Å². The van der Waals surface area contributed by atoms with Crippen LogP contribution in [0.3, 0.4) is 0 Å². The van der Waals surface area contributed by atoms with Gasteiger partial charge in [0, 0.05) is 18.8 Å². The number of anilines is 1. The van der Waals surface area contributed by atoms with Crippen LogP contribution in [-0.2, 0) is 0 Å². The Morgan fingerprint density at radius 1 is 1.15 bits per heavy atom. The standard InChI is InChI=1S/C14H19N5O/c1-3-19(4-2)11-7-5-10(6-8-11)16-13-12(9-20)17-18-14(13)15/h5-8,20H,3-4,9H2,1-2H3,(H2,15,16,18). The number of aliphatic imine (C=N–C) groups is 1. The maximum absolute atomic E-state index is 9.17. The van der Waals surface area contributed by atoms with Crippen molar-refractivity contribution in [3.63, 3.8) is 0 Å². The van der Waals surface area contributed by atoms with Gasteiger partial charge in [-0.1, -0.05) is 0 Å². The minimum atomic E-state index is -0.222. The van der Waals surface area contributed by atoms with Crippen LogP contribution in [0.15, 0.2) is 39.5 Å². The number of amidine groups is 1. The van der Waals surface area contributed by atoms with Crippen LogP contribution >= 0.6 is 0 Å². The Morgan fingerprint density at radius 3 is 2.35 bits per heavy atom. The molecule has 0 saturated carbocycles. The van der Waals surface area contributed by atoms with Gasteiger partial charge in [-0.05, 0) is 38.1 Å². The fourth-order valence-corrected chi connectivity index (χ4v) is 2.04. The summed E-state index contributed by atoms with van der Waals surface area (Å²) < 4.78 is 0. The zero-order valence-corrected chi connectivity index (χ0v) is 11.7. The molecule has 1 heterocycles. The second-order valence-corrected chi connectivity index (χ2v) is 4.34. The second-order valence-electron chi connectivity index (χ2n) is 4.34. The molecule has 0 saturated heterocycles. The van der Waals surface area contributed by atoms with E-state index in [4.69, 9.17) is 10.8 Å². The summed E-state index contributed by atoms with van der Waals surface area (Å²) in [5.74, 6) is 0.238. The highest BCUT2D eigenvalue weighted by molar-refractivity contribution is 6.70. The first kappa shape index (κ1) is 14.2. The number of aliphatic hydroxyl groups is 1. The molecular formula is C14H19N5O.